The Hall–Kier alpha value is -4.00. The average Bonchev–Trinajstić information content (AvgIpc) is 3.70. The lowest BCUT2D eigenvalue weighted by Crippen LogP contribution is -2.23. The number of para-hydroxylation sites is 3. The third-order valence-electron chi connectivity index (χ3n) is 5.49. The molecule has 34 heavy (non-hydrogen) atoms. The Bertz CT molecular complexity index is 1130. The summed E-state index contributed by atoms with van der Waals surface area (Å²) >= 11 is 0. The zero-order valence-corrected chi connectivity index (χ0v) is 19.2. The highest BCUT2D eigenvalue weighted by Gasteiger charge is 2.29. The molecular weight excluding hydrogens is 430 g/mol. The van der Waals surface area contributed by atoms with Crippen molar-refractivity contribution in [3.63, 3.8) is 0 Å². The number of carbonyl (C=O) groups excluding carboxylic acids is 2. The summed E-state index contributed by atoms with van der Waals surface area (Å²) < 4.78 is 11.5. The van der Waals surface area contributed by atoms with Gasteiger partial charge >= 0.3 is 0 Å². The van der Waals surface area contributed by atoms with E-state index in [0.29, 0.717) is 24.7 Å². The van der Waals surface area contributed by atoms with E-state index in [1.807, 2.05) is 79.7 Å². The van der Waals surface area contributed by atoms with Crippen LogP contribution in [0.2, 0.25) is 0 Å². The molecule has 7 nitrogen and oxygen atoms in total. The fourth-order valence-electron chi connectivity index (χ4n) is 3.42. The molecule has 1 aliphatic carbocycles. The van der Waals surface area contributed by atoms with Gasteiger partial charge in [0, 0.05) is 17.3 Å². The summed E-state index contributed by atoms with van der Waals surface area (Å²) in [5.74, 6) is 1.40. The Morgan fingerprint density at radius 2 is 1.44 bits per heavy atom. The molecular formula is C27H29N3O4. The number of rotatable bonds is 11. The number of benzene rings is 3. The first kappa shape index (κ1) is 23.2. The molecule has 0 bridgehead atoms. The number of ether oxygens (including phenoxy) is 2. The second-order valence-electron chi connectivity index (χ2n) is 8.15. The van der Waals surface area contributed by atoms with Crippen molar-refractivity contribution in [2.75, 3.05) is 35.7 Å². The van der Waals surface area contributed by atoms with Crippen LogP contribution in [0.5, 0.6) is 11.5 Å². The molecule has 1 aliphatic rings. The first-order valence-electron chi connectivity index (χ1n) is 11.4. The Morgan fingerprint density at radius 3 is 2.21 bits per heavy atom. The van der Waals surface area contributed by atoms with Crippen molar-refractivity contribution in [1.82, 2.24) is 0 Å². The Morgan fingerprint density at radius 1 is 0.794 bits per heavy atom. The molecule has 1 fully saturated rings. The van der Waals surface area contributed by atoms with E-state index in [4.69, 9.17) is 9.47 Å². The molecule has 3 aromatic rings. The molecule has 0 aromatic heterocycles. The summed E-state index contributed by atoms with van der Waals surface area (Å²) in [5.41, 5.74) is 2.94. The van der Waals surface area contributed by atoms with Crippen molar-refractivity contribution in [3.05, 3.63) is 78.4 Å². The fraction of sp³-hybridized carbons (Fsp3) is 0.259. The van der Waals surface area contributed by atoms with E-state index < -0.39 is 0 Å². The predicted octanol–water partition coefficient (Wildman–Crippen LogP) is 4.85. The minimum Gasteiger partial charge on any atom is -0.490 e. The van der Waals surface area contributed by atoms with E-state index in [9.17, 15) is 9.59 Å². The van der Waals surface area contributed by atoms with Crippen LogP contribution in [0.4, 0.5) is 17.1 Å². The molecule has 7 heteroatoms. The smallest absolute Gasteiger partial charge is 0.243 e. The van der Waals surface area contributed by atoms with Gasteiger partial charge in [0.1, 0.15) is 24.7 Å². The molecule has 176 valence electrons. The highest BCUT2D eigenvalue weighted by molar-refractivity contribution is 5.98. The molecule has 3 N–H and O–H groups in total. The van der Waals surface area contributed by atoms with E-state index in [2.05, 4.69) is 16.0 Å². The molecule has 0 heterocycles. The minimum atomic E-state index is -0.198. The third-order valence-corrected chi connectivity index (χ3v) is 5.49. The highest BCUT2D eigenvalue weighted by atomic mass is 16.5. The van der Waals surface area contributed by atoms with Crippen LogP contribution in [0.1, 0.15) is 18.4 Å². The summed E-state index contributed by atoms with van der Waals surface area (Å²) in [6.45, 7) is 2.73. The van der Waals surface area contributed by atoms with Crippen molar-refractivity contribution in [2.45, 2.75) is 19.8 Å². The number of nitrogens with one attached hydrogen (secondary N) is 3. The van der Waals surface area contributed by atoms with Crippen LogP contribution in [0.15, 0.2) is 72.8 Å². The lowest BCUT2D eigenvalue weighted by Gasteiger charge is -2.15. The highest BCUT2D eigenvalue weighted by Crippen LogP contribution is 2.31. The van der Waals surface area contributed by atoms with Gasteiger partial charge in [-0.25, -0.2) is 0 Å². The number of hydrogen-bond donors (Lipinski definition) is 3. The number of carbonyl (C=O) groups is 2. The van der Waals surface area contributed by atoms with Crippen LogP contribution in [-0.4, -0.2) is 31.6 Å². The fourth-order valence-corrected chi connectivity index (χ4v) is 3.42. The quantitative estimate of drug-likeness (QED) is 0.357. The van der Waals surface area contributed by atoms with Gasteiger partial charge in [-0.1, -0.05) is 36.4 Å². The zero-order valence-electron chi connectivity index (χ0n) is 19.2. The maximum Gasteiger partial charge on any atom is 0.243 e. The normalized spacial score (nSPS) is 12.5. The number of amides is 2. The summed E-state index contributed by atoms with van der Waals surface area (Å²) in [5, 5.41) is 9.00. The molecule has 0 saturated heterocycles. The van der Waals surface area contributed by atoms with Gasteiger partial charge in [-0.05, 0) is 61.7 Å². The molecule has 1 saturated carbocycles. The summed E-state index contributed by atoms with van der Waals surface area (Å²) in [4.78, 5) is 24.7. The van der Waals surface area contributed by atoms with Crippen LogP contribution in [0.25, 0.3) is 0 Å². The zero-order chi connectivity index (χ0) is 23.8. The maximum absolute atomic E-state index is 12.6. The van der Waals surface area contributed by atoms with E-state index in [-0.39, 0.29) is 24.3 Å². The van der Waals surface area contributed by atoms with Crippen molar-refractivity contribution in [3.8, 4) is 11.5 Å². The third kappa shape index (κ3) is 6.51. The molecule has 0 unspecified atom stereocenters. The molecule has 2 amide bonds. The van der Waals surface area contributed by atoms with E-state index in [0.717, 1.165) is 35.5 Å². The van der Waals surface area contributed by atoms with Gasteiger partial charge in [0.05, 0.1) is 12.2 Å². The Labute approximate surface area is 199 Å². The van der Waals surface area contributed by atoms with Crippen molar-refractivity contribution in [1.29, 1.82) is 0 Å². The SMILES string of the molecule is Cc1c(NC(=O)CNc2ccccc2OCCOc2ccccc2)cccc1NC(=O)C1CC1. The van der Waals surface area contributed by atoms with Crippen molar-refractivity contribution >= 4 is 28.9 Å². The molecule has 0 aliphatic heterocycles. The van der Waals surface area contributed by atoms with Crippen LogP contribution in [0.3, 0.4) is 0 Å². The summed E-state index contributed by atoms with van der Waals surface area (Å²) in [6, 6.07) is 22.5. The van der Waals surface area contributed by atoms with E-state index >= 15 is 0 Å². The van der Waals surface area contributed by atoms with Gasteiger partial charge in [-0.15, -0.1) is 0 Å². The largest absolute Gasteiger partial charge is 0.490 e. The summed E-state index contributed by atoms with van der Waals surface area (Å²) in [7, 11) is 0. The van der Waals surface area contributed by atoms with Crippen LogP contribution in [-0.2, 0) is 9.59 Å². The average molecular weight is 460 g/mol. The molecule has 0 radical (unpaired) electrons. The van der Waals surface area contributed by atoms with Crippen LogP contribution in [0, 0.1) is 12.8 Å². The molecule has 3 aromatic carbocycles. The monoisotopic (exact) mass is 459 g/mol. The second-order valence-corrected chi connectivity index (χ2v) is 8.15. The van der Waals surface area contributed by atoms with E-state index in [1.165, 1.54) is 0 Å². The molecule has 4 rings (SSSR count). The minimum absolute atomic E-state index is 0.0408. The van der Waals surface area contributed by atoms with Gasteiger partial charge in [0.15, 0.2) is 0 Å². The number of hydrogen-bond acceptors (Lipinski definition) is 5. The first-order chi connectivity index (χ1) is 16.6. The Kier molecular flexibility index (Phi) is 7.65. The lowest BCUT2D eigenvalue weighted by molar-refractivity contribution is -0.117. The van der Waals surface area contributed by atoms with Crippen LogP contribution >= 0.6 is 0 Å². The molecule has 0 atom stereocenters. The first-order valence-corrected chi connectivity index (χ1v) is 11.4. The molecule has 0 spiro atoms. The van der Waals surface area contributed by atoms with Gasteiger partial charge in [-0.3, -0.25) is 9.59 Å². The predicted molar refractivity (Wildman–Crippen MR) is 134 cm³/mol. The van der Waals surface area contributed by atoms with Gasteiger partial charge in [0.2, 0.25) is 11.8 Å². The maximum atomic E-state index is 12.6. The second kappa shape index (κ2) is 11.2. The van der Waals surface area contributed by atoms with Gasteiger partial charge in [-0.2, -0.15) is 0 Å². The summed E-state index contributed by atoms with van der Waals surface area (Å²) in [6.07, 6.45) is 1.89. The standard InChI is InChI=1S/C27H29N3O4/c1-19-22(11-7-12-23(19)30-27(32)20-14-15-20)29-26(31)18-28-24-10-5-6-13-25(24)34-17-16-33-21-8-3-2-4-9-21/h2-13,20,28H,14-18H2,1H3,(H,29,31)(H,30,32). The van der Waals surface area contributed by atoms with Crippen LogP contribution < -0.4 is 25.4 Å². The van der Waals surface area contributed by atoms with E-state index in [1.54, 1.807) is 0 Å². The van der Waals surface area contributed by atoms with Gasteiger partial charge in [0.25, 0.3) is 0 Å². The van der Waals surface area contributed by atoms with Crippen molar-refractivity contribution in [2.24, 2.45) is 5.92 Å². The van der Waals surface area contributed by atoms with Gasteiger partial charge < -0.3 is 25.4 Å². The topological polar surface area (TPSA) is 88.7 Å². The lowest BCUT2D eigenvalue weighted by atomic mass is 10.1. The Balaban J connectivity index is 1.27. The number of anilines is 3. The van der Waals surface area contributed by atoms with Crippen molar-refractivity contribution < 1.29 is 19.1 Å².